The third-order valence-electron chi connectivity index (χ3n) is 2.58. The SMILES string of the molecule is CC(C)CC(N)CNC(=O)c1ccc(F)c(F)c1F. The van der Waals surface area contributed by atoms with E-state index < -0.39 is 28.9 Å². The number of nitrogens with one attached hydrogen (secondary N) is 1. The van der Waals surface area contributed by atoms with Crippen molar-refractivity contribution in [2.24, 2.45) is 11.7 Å². The fourth-order valence-electron chi connectivity index (χ4n) is 1.71. The van der Waals surface area contributed by atoms with Crippen molar-refractivity contribution in [3.05, 3.63) is 35.1 Å². The molecule has 0 saturated heterocycles. The van der Waals surface area contributed by atoms with E-state index >= 15 is 0 Å². The van der Waals surface area contributed by atoms with Crippen LogP contribution in [0.15, 0.2) is 12.1 Å². The van der Waals surface area contributed by atoms with Crippen molar-refractivity contribution in [1.29, 1.82) is 0 Å². The largest absolute Gasteiger partial charge is 0.350 e. The van der Waals surface area contributed by atoms with Gasteiger partial charge in [-0.2, -0.15) is 0 Å². The molecule has 0 saturated carbocycles. The summed E-state index contributed by atoms with van der Waals surface area (Å²) in [6, 6.07) is 1.34. The Hall–Kier alpha value is -1.56. The second-order valence-corrected chi connectivity index (χ2v) is 4.82. The number of halogens is 3. The molecule has 0 heterocycles. The number of hydrogen-bond acceptors (Lipinski definition) is 2. The van der Waals surface area contributed by atoms with Gasteiger partial charge in [0, 0.05) is 12.6 Å². The third kappa shape index (κ3) is 4.24. The maximum Gasteiger partial charge on any atom is 0.254 e. The molecule has 1 unspecified atom stereocenters. The molecule has 0 radical (unpaired) electrons. The molecule has 0 fully saturated rings. The summed E-state index contributed by atoms with van der Waals surface area (Å²) in [4.78, 5) is 11.6. The van der Waals surface area contributed by atoms with Crippen molar-refractivity contribution in [3.63, 3.8) is 0 Å². The summed E-state index contributed by atoms with van der Waals surface area (Å²) in [6.07, 6.45) is 0.695. The first kappa shape index (κ1) is 15.5. The number of hydrogen-bond donors (Lipinski definition) is 2. The first-order valence-electron chi connectivity index (χ1n) is 6.00. The second kappa shape index (κ2) is 6.56. The summed E-state index contributed by atoms with van der Waals surface area (Å²) in [6.45, 7) is 4.11. The highest BCUT2D eigenvalue weighted by molar-refractivity contribution is 5.94. The fourth-order valence-corrected chi connectivity index (χ4v) is 1.71. The van der Waals surface area contributed by atoms with E-state index in [2.05, 4.69) is 5.32 Å². The van der Waals surface area contributed by atoms with Crippen LogP contribution in [0.2, 0.25) is 0 Å². The van der Waals surface area contributed by atoms with Crippen LogP contribution in [0, 0.1) is 23.4 Å². The lowest BCUT2D eigenvalue weighted by molar-refractivity contribution is 0.0944. The van der Waals surface area contributed by atoms with Gasteiger partial charge in [-0.15, -0.1) is 0 Å². The van der Waals surface area contributed by atoms with Gasteiger partial charge in [0.05, 0.1) is 5.56 Å². The standard InChI is InChI=1S/C13H17F3N2O/c1-7(2)5-8(17)6-18-13(19)9-3-4-10(14)12(16)11(9)15/h3-4,7-8H,5-6,17H2,1-2H3,(H,18,19). The van der Waals surface area contributed by atoms with Gasteiger partial charge in [0.1, 0.15) is 0 Å². The number of carbonyl (C=O) groups is 1. The van der Waals surface area contributed by atoms with Crippen LogP contribution in [0.5, 0.6) is 0 Å². The molecule has 19 heavy (non-hydrogen) atoms. The highest BCUT2D eigenvalue weighted by Crippen LogP contribution is 2.15. The summed E-state index contributed by atoms with van der Waals surface area (Å²) in [7, 11) is 0. The van der Waals surface area contributed by atoms with Crippen LogP contribution in [0.3, 0.4) is 0 Å². The summed E-state index contributed by atoms with van der Waals surface area (Å²) >= 11 is 0. The van der Waals surface area contributed by atoms with Gasteiger partial charge in [-0.05, 0) is 24.5 Å². The summed E-state index contributed by atoms with van der Waals surface area (Å²) in [5.74, 6) is -4.91. The second-order valence-electron chi connectivity index (χ2n) is 4.82. The fraction of sp³-hybridized carbons (Fsp3) is 0.462. The van der Waals surface area contributed by atoms with Crippen LogP contribution in [0.4, 0.5) is 13.2 Å². The molecule has 0 aliphatic carbocycles. The highest BCUT2D eigenvalue weighted by Gasteiger charge is 2.19. The van der Waals surface area contributed by atoms with Crippen LogP contribution < -0.4 is 11.1 Å². The van der Waals surface area contributed by atoms with E-state index in [4.69, 9.17) is 5.73 Å². The Kier molecular flexibility index (Phi) is 5.35. The maximum atomic E-state index is 13.3. The summed E-state index contributed by atoms with van der Waals surface area (Å²) in [5, 5.41) is 2.40. The van der Waals surface area contributed by atoms with E-state index in [9.17, 15) is 18.0 Å². The average Bonchev–Trinajstić information content (AvgIpc) is 2.32. The summed E-state index contributed by atoms with van der Waals surface area (Å²) < 4.78 is 39.0. The number of benzene rings is 1. The molecule has 1 rings (SSSR count). The Labute approximate surface area is 110 Å². The Balaban J connectivity index is 2.67. The van der Waals surface area contributed by atoms with E-state index in [0.717, 1.165) is 6.07 Å². The number of carbonyl (C=O) groups excluding carboxylic acids is 1. The zero-order chi connectivity index (χ0) is 14.6. The Morgan fingerprint density at radius 1 is 1.26 bits per heavy atom. The van der Waals surface area contributed by atoms with Crippen molar-refractivity contribution in [2.75, 3.05) is 6.54 Å². The van der Waals surface area contributed by atoms with Crippen molar-refractivity contribution in [1.82, 2.24) is 5.32 Å². The minimum absolute atomic E-state index is 0.148. The number of nitrogens with two attached hydrogens (primary N) is 1. The molecular weight excluding hydrogens is 257 g/mol. The molecular formula is C13H17F3N2O. The predicted octanol–water partition coefficient (Wildman–Crippen LogP) is 2.21. The van der Waals surface area contributed by atoms with E-state index in [0.29, 0.717) is 18.4 Å². The van der Waals surface area contributed by atoms with Gasteiger partial charge in [-0.25, -0.2) is 13.2 Å². The molecule has 6 heteroatoms. The van der Waals surface area contributed by atoms with Gasteiger partial charge in [0.15, 0.2) is 17.5 Å². The molecule has 106 valence electrons. The monoisotopic (exact) mass is 274 g/mol. The van der Waals surface area contributed by atoms with E-state index in [1.54, 1.807) is 0 Å². The van der Waals surface area contributed by atoms with Crippen LogP contribution in [0.1, 0.15) is 30.6 Å². The first-order valence-corrected chi connectivity index (χ1v) is 6.00. The van der Waals surface area contributed by atoms with Crippen LogP contribution >= 0.6 is 0 Å². The predicted molar refractivity (Wildman–Crippen MR) is 66.1 cm³/mol. The zero-order valence-electron chi connectivity index (χ0n) is 10.8. The zero-order valence-corrected chi connectivity index (χ0v) is 10.8. The van der Waals surface area contributed by atoms with Gasteiger partial charge >= 0.3 is 0 Å². The van der Waals surface area contributed by atoms with Crippen molar-refractivity contribution >= 4 is 5.91 Å². The van der Waals surface area contributed by atoms with Crippen molar-refractivity contribution in [3.8, 4) is 0 Å². The lowest BCUT2D eigenvalue weighted by Crippen LogP contribution is -2.38. The lowest BCUT2D eigenvalue weighted by atomic mass is 10.0. The topological polar surface area (TPSA) is 55.1 Å². The van der Waals surface area contributed by atoms with Gasteiger partial charge in [-0.3, -0.25) is 4.79 Å². The van der Waals surface area contributed by atoms with Crippen LogP contribution in [-0.2, 0) is 0 Å². The van der Waals surface area contributed by atoms with Gasteiger partial charge in [-0.1, -0.05) is 13.8 Å². The lowest BCUT2D eigenvalue weighted by Gasteiger charge is -2.15. The molecule has 0 bridgehead atoms. The first-order chi connectivity index (χ1) is 8.82. The van der Waals surface area contributed by atoms with Gasteiger partial charge in [0.2, 0.25) is 0 Å². The van der Waals surface area contributed by atoms with Gasteiger partial charge in [0.25, 0.3) is 5.91 Å². The van der Waals surface area contributed by atoms with E-state index in [1.807, 2.05) is 13.8 Å². The molecule has 0 aromatic heterocycles. The summed E-state index contributed by atoms with van der Waals surface area (Å²) in [5.41, 5.74) is 5.22. The molecule has 1 aromatic rings. The highest BCUT2D eigenvalue weighted by atomic mass is 19.2. The minimum Gasteiger partial charge on any atom is -0.350 e. The molecule has 1 amide bonds. The van der Waals surface area contributed by atoms with E-state index in [1.165, 1.54) is 0 Å². The quantitative estimate of drug-likeness (QED) is 0.809. The molecule has 0 aliphatic heterocycles. The third-order valence-corrected chi connectivity index (χ3v) is 2.58. The van der Waals surface area contributed by atoms with Crippen LogP contribution in [0.25, 0.3) is 0 Å². The van der Waals surface area contributed by atoms with Crippen molar-refractivity contribution < 1.29 is 18.0 Å². The smallest absolute Gasteiger partial charge is 0.254 e. The minimum atomic E-state index is -1.65. The molecule has 1 atom stereocenters. The molecule has 3 nitrogen and oxygen atoms in total. The maximum absolute atomic E-state index is 13.3. The number of amides is 1. The molecule has 1 aromatic carbocycles. The Morgan fingerprint density at radius 3 is 2.47 bits per heavy atom. The molecule has 0 spiro atoms. The van der Waals surface area contributed by atoms with Crippen molar-refractivity contribution in [2.45, 2.75) is 26.3 Å². The Morgan fingerprint density at radius 2 is 1.89 bits per heavy atom. The normalized spacial score (nSPS) is 12.6. The Bertz CT molecular complexity index is 463. The molecule has 0 aliphatic rings. The number of rotatable bonds is 5. The van der Waals surface area contributed by atoms with E-state index in [-0.39, 0.29) is 12.6 Å². The molecule has 3 N–H and O–H groups in total. The van der Waals surface area contributed by atoms with Crippen LogP contribution in [-0.4, -0.2) is 18.5 Å². The average molecular weight is 274 g/mol. The van der Waals surface area contributed by atoms with Gasteiger partial charge < -0.3 is 11.1 Å².